The summed E-state index contributed by atoms with van der Waals surface area (Å²) in [7, 11) is -1.83. The van der Waals surface area contributed by atoms with Gasteiger partial charge in [0.05, 0.1) is 0 Å². The first-order valence-electron chi connectivity index (χ1n) is 9.17. The molecule has 0 saturated heterocycles. The van der Waals surface area contributed by atoms with Gasteiger partial charge in [0.25, 0.3) is 0 Å². The lowest BCUT2D eigenvalue weighted by Gasteiger charge is -2.40. The van der Waals surface area contributed by atoms with E-state index in [1.807, 2.05) is 12.1 Å². The van der Waals surface area contributed by atoms with Crippen LogP contribution in [0.15, 0.2) is 53.0 Å². The molecular weight excluding hydrogens is 424 g/mol. The van der Waals surface area contributed by atoms with E-state index in [1.54, 1.807) is 0 Å². The second-order valence-corrected chi connectivity index (χ2v) is 14.7. The van der Waals surface area contributed by atoms with Gasteiger partial charge in [-0.2, -0.15) is 0 Å². The van der Waals surface area contributed by atoms with Gasteiger partial charge in [0.15, 0.2) is 8.32 Å². The summed E-state index contributed by atoms with van der Waals surface area (Å²) >= 11 is 9.63. The topological polar surface area (TPSA) is 9.23 Å². The maximum atomic E-state index is 6.74. The molecule has 142 valence electrons. The monoisotopic (exact) mass is 452 g/mol. The van der Waals surface area contributed by atoms with Gasteiger partial charge in [-0.25, -0.2) is 0 Å². The Kier molecular flexibility index (Phi) is 7.17. The van der Waals surface area contributed by atoms with Gasteiger partial charge in [0.1, 0.15) is 0 Å². The predicted molar refractivity (Wildman–Crippen MR) is 120 cm³/mol. The Balaban J connectivity index is 2.30. The first-order chi connectivity index (χ1) is 12.0. The van der Waals surface area contributed by atoms with Crippen molar-refractivity contribution in [1.82, 2.24) is 0 Å². The van der Waals surface area contributed by atoms with Crippen LogP contribution >= 0.6 is 27.5 Å². The van der Waals surface area contributed by atoms with Crippen LogP contribution in [0.5, 0.6) is 0 Å². The van der Waals surface area contributed by atoms with Crippen LogP contribution in [-0.4, -0.2) is 14.4 Å². The van der Waals surface area contributed by atoms with Gasteiger partial charge in [-0.05, 0) is 66.9 Å². The Morgan fingerprint density at radius 1 is 1.00 bits per heavy atom. The highest BCUT2D eigenvalue weighted by atomic mass is 79.9. The highest BCUT2D eigenvalue weighted by Crippen LogP contribution is 2.39. The Bertz CT molecular complexity index is 704. The minimum atomic E-state index is -1.83. The minimum absolute atomic E-state index is 0.140. The summed E-state index contributed by atoms with van der Waals surface area (Å²) < 4.78 is 7.85. The molecule has 0 spiro atoms. The molecule has 0 aliphatic heterocycles. The lowest BCUT2D eigenvalue weighted by molar-refractivity contribution is 0.167. The molecule has 0 fully saturated rings. The molecule has 26 heavy (non-hydrogen) atoms. The van der Waals surface area contributed by atoms with E-state index in [2.05, 4.69) is 93.1 Å². The first-order valence-corrected chi connectivity index (χ1v) is 13.3. The molecule has 0 aromatic heterocycles. The summed E-state index contributed by atoms with van der Waals surface area (Å²) in [4.78, 5) is 0. The molecule has 0 radical (unpaired) electrons. The zero-order valence-corrected chi connectivity index (χ0v) is 20.0. The normalized spacial score (nSPS) is 14.9. The molecule has 0 N–H and O–H groups in total. The zero-order chi connectivity index (χ0) is 19.5. The number of halogens is 2. The number of hydrogen-bond donors (Lipinski definition) is 0. The van der Waals surface area contributed by atoms with Crippen LogP contribution in [0.4, 0.5) is 0 Å². The fraction of sp³-hybridized carbons (Fsp3) is 0.455. The van der Waals surface area contributed by atoms with Gasteiger partial charge >= 0.3 is 0 Å². The predicted octanol–water partition coefficient (Wildman–Crippen LogP) is 7.84. The first kappa shape index (κ1) is 21.7. The summed E-state index contributed by atoms with van der Waals surface area (Å²) in [6.45, 7) is 13.7. The standard InChI is InChI=1S/C22H30BrClOSi/c1-16(25-26(5,6)22(2,3)4)21(18-9-13-20(24)14-10-18)15-17-7-11-19(23)12-8-17/h7-14,16,21H,15H2,1-6H3. The summed E-state index contributed by atoms with van der Waals surface area (Å²) in [5.74, 6) is 0.294. The highest BCUT2D eigenvalue weighted by Gasteiger charge is 2.39. The van der Waals surface area contributed by atoms with E-state index >= 15 is 0 Å². The number of benzene rings is 2. The Morgan fingerprint density at radius 3 is 2.04 bits per heavy atom. The molecule has 2 atom stereocenters. The molecule has 0 saturated carbocycles. The van der Waals surface area contributed by atoms with Crippen molar-refractivity contribution in [3.05, 3.63) is 69.2 Å². The largest absolute Gasteiger partial charge is 0.414 e. The molecule has 0 amide bonds. The summed E-state index contributed by atoms with van der Waals surface area (Å²) in [6.07, 6.45) is 1.09. The van der Waals surface area contributed by atoms with E-state index in [9.17, 15) is 0 Å². The fourth-order valence-electron chi connectivity index (χ4n) is 2.86. The molecule has 0 heterocycles. The van der Waals surface area contributed by atoms with Crippen molar-refractivity contribution in [1.29, 1.82) is 0 Å². The maximum Gasteiger partial charge on any atom is 0.192 e. The van der Waals surface area contributed by atoms with Crippen LogP contribution in [0.1, 0.15) is 44.7 Å². The van der Waals surface area contributed by atoms with Crippen molar-refractivity contribution in [2.45, 2.75) is 64.3 Å². The van der Waals surface area contributed by atoms with E-state index in [4.69, 9.17) is 16.0 Å². The number of rotatable bonds is 6. The van der Waals surface area contributed by atoms with Crippen LogP contribution in [0.2, 0.25) is 23.2 Å². The third kappa shape index (κ3) is 5.69. The molecule has 0 aliphatic rings. The van der Waals surface area contributed by atoms with Crippen LogP contribution in [0.3, 0.4) is 0 Å². The van der Waals surface area contributed by atoms with Gasteiger partial charge in [-0.3, -0.25) is 0 Å². The molecule has 0 aliphatic carbocycles. The van der Waals surface area contributed by atoms with Crippen molar-refractivity contribution in [2.75, 3.05) is 0 Å². The lowest BCUT2D eigenvalue weighted by Crippen LogP contribution is -2.44. The van der Waals surface area contributed by atoms with Gasteiger partial charge < -0.3 is 4.43 Å². The van der Waals surface area contributed by atoms with Crippen molar-refractivity contribution in [3.8, 4) is 0 Å². The average Bonchev–Trinajstić information content (AvgIpc) is 2.54. The number of hydrogen-bond acceptors (Lipinski definition) is 1. The molecule has 2 rings (SSSR count). The van der Waals surface area contributed by atoms with Crippen LogP contribution in [-0.2, 0) is 10.8 Å². The third-order valence-corrected chi connectivity index (χ3v) is 10.9. The zero-order valence-electron chi connectivity index (χ0n) is 16.6. The molecule has 2 aromatic carbocycles. The van der Waals surface area contributed by atoms with E-state index < -0.39 is 8.32 Å². The lowest BCUT2D eigenvalue weighted by atomic mass is 9.88. The van der Waals surface area contributed by atoms with Crippen LogP contribution in [0, 0.1) is 0 Å². The van der Waals surface area contributed by atoms with Crippen molar-refractivity contribution in [2.24, 2.45) is 0 Å². The van der Waals surface area contributed by atoms with Gasteiger partial charge in [0, 0.05) is 21.5 Å². The van der Waals surface area contributed by atoms with Crippen molar-refractivity contribution in [3.63, 3.8) is 0 Å². The summed E-state index contributed by atoms with van der Waals surface area (Å²) in [5.41, 5.74) is 2.60. The Labute approximate surface area is 173 Å². The van der Waals surface area contributed by atoms with E-state index in [0.717, 1.165) is 15.9 Å². The molecular formula is C22H30BrClOSi. The summed E-state index contributed by atoms with van der Waals surface area (Å²) in [6, 6.07) is 16.8. The Hall–Kier alpha value is -0.613. The molecule has 2 aromatic rings. The van der Waals surface area contributed by atoms with Gasteiger partial charge in [0.2, 0.25) is 0 Å². The van der Waals surface area contributed by atoms with Crippen molar-refractivity contribution >= 4 is 35.8 Å². The highest BCUT2D eigenvalue weighted by molar-refractivity contribution is 9.10. The van der Waals surface area contributed by atoms with Crippen LogP contribution in [0.25, 0.3) is 0 Å². The van der Waals surface area contributed by atoms with Gasteiger partial charge in [-0.1, -0.05) is 72.6 Å². The smallest absolute Gasteiger partial charge is 0.192 e. The summed E-state index contributed by atoms with van der Waals surface area (Å²) in [5, 5.41) is 0.970. The quantitative estimate of drug-likeness (QED) is 0.405. The second-order valence-electron chi connectivity index (χ2n) is 8.57. The molecule has 0 bridgehead atoms. The van der Waals surface area contributed by atoms with Gasteiger partial charge in [-0.15, -0.1) is 0 Å². The Morgan fingerprint density at radius 2 is 1.54 bits per heavy atom. The maximum absolute atomic E-state index is 6.74. The molecule has 1 nitrogen and oxygen atoms in total. The van der Waals surface area contributed by atoms with E-state index in [1.165, 1.54) is 11.1 Å². The van der Waals surface area contributed by atoms with E-state index in [-0.39, 0.29) is 11.1 Å². The van der Waals surface area contributed by atoms with E-state index in [0.29, 0.717) is 5.92 Å². The average molecular weight is 454 g/mol. The third-order valence-electron chi connectivity index (χ3n) is 5.52. The van der Waals surface area contributed by atoms with Crippen LogP contribution < -0.4 is 0 Å². The molecule has 2 unspecified atom stereocenters. The minimum Gasteiger partial charge on any atom is -0.414 e. The van der Waals surface area contributed by atoms with Crippen molar-refractivity contribution < 1.29 is 4.43 Å². The molecule has 4 heteroatoms. The SMILES string of the molecule is CC(O[Si](C)(C)C(C)(C)C)C(Cc1ccc(Br)cc1)c1ccc(Cl)cc1. The second kappa shape index (κ2) is 8.60. The fourth-order valence-corrected chi connectivity index (χ4v) is 4.70.